The van der Waals surface area contributed by atoms with Crippen LogP contribution in [0.2, 0.25) is 29.7 Å². The summed E-state index contributed by atoms with van der Waals surface area (Å²) in [6, 6.07) is 4.91. The molecule has 0 atom stereocenters. The summed E-state index contributed by atoms with van der Waals surface area (Å²) in [5.41, 5.74) is 0.227. The second kappa shape index (κ2) is 11.5. The fourth-order valence-electron chi connectivity index (χ4n) is 5.40. The van der Waals surface area contributed by atoms with Crippen molar-refractivity contribution in [3.05, 3.63) is 69.2 Å². The van der Waals surface area contributed by atoms with Crippen LogP contribution in [0, 0.1) is 0 Å². The highest BCUT2D eigenvalue weighted by atomic mass is 35.5. The van der Waals surface area contributed by atoms with E-state index in [1.54, 1.807) is 17.1 Å². The lowest BCUT2D eigenvalue weighted by Gasteiger charge is -2.23. The van der Waals surface area contributed by atoms with E-state index in [0.29, 0.717) is 59.9 Å². The van der Waals surface area contributed by atoms with Crippen LogP contribution in [0.25, 0.3) is 17.1 Å². The second-order valence-corrected chi connectivity index (χ2v) is 17.5. The van der Waals surface area contributed by atoms with Gasteiger partial charge in [-0.3, -0.25) is 0 Å². The van der Waals surface area contributed by atoms with Crippen LogP contribution in [0.15, 0.2) is 42.2 Å². The zero-order valence-corrected chi connectivity index (χ0v) is 26.7. The van der Waals surface area contributed by atoms with Gasteiger partial charge in [-0.05, 0) is 39.0 Å². The predicted molar refractivity (Wildman–Crippen MR) is 161 cm³/mol. The van der Waals surface area contributed by atoms with Crippen LogP contribution in [-0.4, -0.2) is 25.7 Å². The van der Waals surface area contributed by atoms with Gasteiger partial charge in [-0.15, -0.1) is 0 Å². The van der Waals surface area contributed by atoms with Gasteiger partial charge >= 0.3 is 12.4 Å². The molecule has 0 saturated carbocycles. The average Bonchev–Trinajstić information content (AvgIpc) is 3.30. The van der Waals surface area contributed by atoms with Crippen LogP contribution < -0.4 is 14.4 Å². The molecule has 0 spiro atoms. The summed E-state index contributed by atoms with van der Waals surface area (Å²) in [7, 11) is -1.83. The van der Waals surface area contributed by atoms with Crippen LogP contribution in [0.3, 0.4) is 0 Å². The zero-order valence-electron chi connectivity index (χ0n) is 24.2. The van der Waals surface area contributed by atoms with Crippen molar-refractivity contribution in [1.29, 1.82) is 0 Å². The first kappa shape index (κ1) is 32.3. The van der Waals surface area contributed by atoms with Gasteiger partial charge < -0.3 is 9.80 Å². The molecule has 2 heterocycles. The van der Waals surface area contributed by atoms with E-state index in [1.807, 2.05) is 40.9 Å². The third-order valence-corrected chi connectivity index (χ3v) is 8.97. The molecule has 3 aromatic rings. The number of alkyl halides is 6. The van der Waals surface area contributed by atoms with Crippen molar-refractivity contribution in [3.8, 4) is 0 Å². The molecule has 4 nitrogen and oxygen atoms in total. The number of benzene rings is 2. The molecule has 228 valence electrons. The first-order valence-electron chi connectivity index (χ1n) is 13.6. The minimum Gasteiger partial charge on any atom is -0.326 e. The first-order chi connectivity index (χ1) is 19.4. The number of anilines is 2. The molecule has 1 aliphatic heterocycles. The van der Waals surface area contributed by atoms with E-state index >= 15 is 0 Å². The topological polar surface area (TPSA) is 15.3 Å². The van der Waals surface area contributed by atoms with Gasteiger partial charge in [0.05, 0.1) is 53.3 Å². The summed E-state index contributed by atoms with van der Waals surface area (Å²) in [6.45, 7) is 13.4. The summed E-state index contributed by atoms with van der Waals surface area (Å²) < 4.78 is 86.1. The third kappa shape index (κ3) is 6.05. The van der Waals surface area contributed by atoms with Crippen molar-refractivity contribution in [2.45, 2.75) is 65.5 Å². The summed E-state index contributed by atoms with van der Waals surface area (Å²) in [5.74, 6) is 1.37. The Morgan fingerprint density at radius 3 is 1.81 bits per heavy atom. The number of rotatable bonds is 7. The molecule has 0 aliphatic carbocycles. The lowest BCUT2D eigenvalue weighted by molar-refractivity contribution is -0.657. The molecule has 1 aliphatic rings. The summed E-state index contributed by atoms with van der Waals surface area (Å²) >= 11 is 12.2. The fraction of sp³-hybridized carbons (Fsp3) is 0.414. The van der Waals surface area contributed by atoms with Crippen molar-refractivity contribution in [2.75, 3.05) is 22.9 Å². The number of nitrogens with zero attached hydrogens (tertiary/aromatic N) is 4. The highest BCUT2D eigenvalue weighted by molar-refractivity contribution is 6.74. The van der Waals surface area contributed by atoms with Gasteiger partial charge in [-0.2, -0.15) is 26.3 Å². The number of allylic oxidation sites excluding steroid dienone is 2. The fourth-order valence-corrected chi connectivity index (χ4v) is 7.22. The van der Waals surface area contributed by atoms with Gasteiger partial charge in [0.15, 0.2) is 11.0 Å². The number of fused-ring (bicyclic) bond motifs is 2. The minimum absolute atomic E-state index is 0.363. The number of aromatic nitrogens is 2. The van der Waals surface area contributed by atoms with E-state index < -0.39 is 31.6 Å². The SMILES string of the molecule is CCN1/C(=C\C=C\c2n(CC)c3cc(Cl)c(C(F)(F)F)cc3[n+]2C[Si](C)(C)C)N(CC)c2cc(C(F)(F)F)c(Cl)cc21. The van der Waals surface area contributed by atoms with Crippen LogP contribution in [0.5, 0.6) is 0 Å². The van der Waals surface area contributed by atoms with Gasteiger partial charge in [0.2, 0.25) is 0 Å². The maximum absolute atomic E-state index is 13.8. The van der Waals surface area contributed by atoms with Crippen LogP contribution in [-0.2, 0) is 25.1 Å². The van der Waals surface area contributed by atoms with Crippen LogP contribution in [0.1, 0.15) is 37.7 Å². The molecule has 1 aromatic heterocycles. The zero-order chi connectivity index (χ0) is 31.4. The molecule has 4 rings (SSSR count). The summed E-state index contributed by atoms with van der Waals surface area (Å²) in [5, 5.41) is -0.734. The van der Waals surface area contributed by atoms with E-state index in [0.717, 1.165) is 12.1 Å². The second-order valence-electron chi connectivity index (χ2n) is 11.3. The monoisotopic (exact) mass is 649 g/mol. The number of hydrogen-bond donors (Lipinski definition) is 0. The summed E-state index contributed by atoms with van der Waals surface area (Å²) in [4.78, 5) is 3.67. The third-order valence-electron chi connectivity index (χ3n) is 7.08. The van der Waals surface area contributed by atoms with Crippen LogP contribution >= 0.6 is 23.2 Å². The van der Waals surface area contributed by atoms with Crippen LogP contribution in [0.4, 0.5) is 37.7 Å². The quantitative estimate of drug-likeness (QED) is 0.144. The van der Waals surface area contributed by atoms with Gasteiger partial charge in [0.1, 0.15) is 5.82 Å². The van der Waals surface area contributed by atoms with E-state index in [1.165, 1.54) is 12.1 Å². The smallest absolute Gasteiger partial charge is 0.326 e. The number of aryl methyl sites for hydroxylation is 1. The molecule has 0 amide bonds. The van der Waals surface area contributed by atoms with E-state index in [9.17, 15) is 26.3 Å². The molecule has 0 radical (unpaired) electrons. The van der Waals surface area contributed by atoms with Crippen molar-refractivity contribution >= 4 is 59.8 Å². The van der Waals surface area contributed by atoms with Crippen molar-refractivity contribution in [2.24, 2.45) is 0 Å². The highest BCUT2D eigenvalue weighted by Crippen LogP contribution is 2.47. The summed E-state index contributed by atoms with van der Waals surface area (Å²) in [6.07, 6.45) is -3.21. The van der Waals surface area contributed by atoms with Crippen molar-refractivity contribution in [3.63, 3.8) is 0 Å². The predicted octanol–water partition coefficient (Wildman–Crippen LogP) is 9.39. The molecular weight excluding hydrogens is 617 g/mol. The molecule has 0 saturated heterocycles. The van der Waals surface area contributed by atoms with Gasteiger partial charge in [0.25, 0.3) is 5.82 Å². The molecule has 13 heteroatoms. The Morgan fingerprint density at radius 2 is 1.31 bits per heavy atom. The Morgan fingerprint density at radius 1 is 0.786 bits per heavy atom. The Kier molecular flexibility index (Phi) is 8.81. The molecule has 42 heavy (non-hydrogen) atoms. The standard InChI is InChI=1S/C29H33Cl2F6N4Si/c1-7-38-22-13-18(28(32,33)34)20(30)15-24(22)39(8-2)26(38)11-10-12-27-40(9-3)25-16-21(31)19(29(35,36)37)14-23(25)41(27)17-42(4,5)6/h10-16H,7-9,17H2,1-6H3/q+1. The lowest BCUT2D eigenvalue weighted by atomic mass is 10.1. The van der Waals surface area contributed by atoms with Gasteiger partial charge in [-0.1, -0.05) is 48.9 Å². The molecular formula is C29H33Cl2F6N4Si+. The normalized spacial score (nSPS) is 15.6. The van der Waals surface area contributed by atoms with E-state index in [4.69, 9.17) is 23.2 Å². The molecule has 0 unspecified atom stereocenters. The molecule has 0 fully saturated rings. The minimum atomic E-state index is -4.60. The highest BCUT2D eigenvalue weighted by Gasteiger charge is 2.39. The number of hydrogen-bond acceptors (Lipinski definition) is 2. The van der Waals surface area contributed by atoms with Gasteiger partial charge in [0, 0.05) is 31.3 Å². The van der Waals surface area contributed by atoms with E-state index in [-0.39, 0.29) is 10.0 Å². The Balaban J connectivity index is 1.88. The lowest BCUT2D eigenvalue weighted by Crippen LogP contribution is -2.47. The number of halogens is 8. The Labute approximate surface area is 252 Å². The first-order valence-corrected chi connectivity index (χ1v) is 18.1. The van der Waals surface area contributed by atoms with Crippen molar-refractivity contribution < 1.29 is 30.9 Å². The maximum Gasteiger partial charge on any atom is 0.418 e. The maximum atomic E-state index is 13.8. The van der Waals surface area contributed by atoms with E-state index in [2.05, 4.69) is 19.6 Å². The molecule has 0 N–H and O–H groups in total. The molecule has 2 aromatic carbocycles. The average molecular weight is 651 g/mol. The van der Waals surface area contributed by atoms with Crippen molar-refractivity contribution in [1.82, 2.24) is 4.57 Å². The number of imidazole rings is 1. The van der Waals surface area contributed by atoms with Gasteiger partial charge in [-0.25, -0.2) is 9.13 Å². The Bertz CT molecular complexity index is 1570. The molecule has 0 bridgehead atoms. The largest absolute Gasteiger partial charge is 0.418 e. The Hall–Kier alpha value is -2.63.